The molecule has 4 amide bonds. The fraction of sp³-hybridized carbons (Fsp3) is 0.431. The number of hydrazine groups is 1. The van der Waals surface area contributed by atoms with Crippen molar-refractivity contribution in [1.82, 2.24) is 39.8 Å². The van der Waals surface area contributed by atoms with Gasteiger partial charge in [-0.15, -0.1) is 0 Å². The van der Waals surface area contributed by atoms with Crippen molar-refractivity contribution in [2.45, 2.75) is 98.0 Å². The molecule has 3 N–H and O–H groups in total. The smallest absolute Gasteiger partial charge is 0.324 e. The van der Waals surface area contributed by atoms with Gasteiger partial charge in [0.2, 0.25) is 17.8 Å². The van der Waals surface area contributed by atoms with E-state index in [0.29, 0.717) is 32.4 Å². The van der Waals surface area contributed by atoms with Gasteiger partial charge in [0.15, 0.2) is 0 Å². The molecular formula is C51H63N9O7. The molecule has 0 spiro atoms. The minimum atomic E-state index is -1.09. The molecule has 16 nitrogen and oxygen atoms in total. The Bertz CT molecular complexity index is 2700. The highest BCUT2D eigenvalue weighted by atomic mass is 16.5. The number of fused-ring (bicyclic) bond motifs is 6. The number of likely N-dealkylation sites (N-methyl/N-ethyl adjacent to an activating group) is 1. The third-order valence-electron chi connectivity index (χ3n) is 12.9. The van der Waals surface area contributed by atoms with Gasteiger partial charge in [-0.25, -0.2) is 10.4 Å². The molecule has 354 valence electrons. The number of ether oxygens (including phenoxy) is 2. The first-order valence-corrected chi connectivity index (χ1v) is 23.0. The molecule has 5 aromatic rings. The summed E-state index contributed by atoms with van der Waals surface area (Å²) >= 11 is 0. The second-order valence-corrected chi connectivity index (χ2v) is 18.7. The zero-order chi connectivity index (χ0) is 48.3. The summed E-state index contributed by atoms with van der Waals surface area (Å²) in [6.45, 7) is 16.5. The second-order valence-electron chi connectivity index (χ2n) is 18.7. The SMILES string of the molecule is C=CC(=O)Nc1ncc(C(=O)N(C)C(C(=O)N[C@H]2Cc3cccc(c3)-c3ccc4c(c3)c(c(-c3cccnc3[C@H](C)OC)n4CC)CC(C)(C)COC(=O)[C@@H]3CCCN(N3)C2=O)C(C)C)n1C. The van der Waals surface area contributed by atoms with Gasteiger partial charge in [0.05, 0.1) is 30.3 Å². The fourth-order valence-corrected chi connectivity index (χ4v) is 9.36. The maximum absolute atomic E-state index is 14.7. The standard InChI is InChI=1S/C51H63N9O7/c1-11-42(61)55-50-53-28-41(57(50)8)48(64)58(9)44(30(3)4)46(62)54-39-25-32-16-13-17-33(24-32)34-20-21-40-36(26-34)37(45(59(40)12-2)35-18-14-22-52-43(35)31(5)66-10)27-51(6,7)29-67-49(65)38-19-15-23-60(56-38)47(39)63/h11,13-14,16-18,20-22,24,26,28,30-31,38-39,44,56H,1,12,15,19,23,25,27,29H2,2-10H3,(H,54,62)(H,53,55,61)/t31-,38-,39-,44?/m0/s1. The van der Waals surface area contributed by atoms with E-state index in [9.17, 15) is 24.0 Å². The van der Waals surface area contributed by atoms with Crippen molar-refractivity contribution in [1.29, 1.82) is 0 Å². The van der Waals surface area contributed by atoms with E-state index < -0.39 is 53.1 Å². The molecule has 7 rings (SSSR count). The van der Waals surface area contributed by atoms with Crippen LogP contribution in [0.4, 0.5) is 5.95 Å². The minimum Gasteiger partial charge on any atom is -0.464 e. The first kappa shape index (κ1) is 48.3. The predicted octanol–water partition coefficient (Wildman–Crippen LogP) is 6.40. The maximum Gasteiger partial charge on any atom is 0.324 e. The lowest BCUT2D eigenvalue weighted by Crippen LogP contribution is -2.62. The van der Waals surface area contributed by atoms with Crippen molar-refractivity contribution >= 4 is 46.4 Å². The van der Waals surface area contributed by atoms with Gasteiger partial charge >= 0.3 is 5.97 Å². The third kappa shape index (κ3) is 10.1. The Labute approximate surface area is 392 Å². The van der Waals surface area contributed by atoms with E-state index in [-0.39, 0.29) is 36.7 Å². The number of anilines is 1. The van der Waals surface area contributed by atoms with Crippen LogP contribution in [0.5, 0.6) is 0 Å². The molecule has 0 radical (unpaired) electrons. The number of aryl methyl sites for hydroxylation is 1. The number of carbonyl (C=O) groups excluding carboxylic acids is 5. The summed E-state index contributed by atoms with van der Waals surface area (Å²) in [5.74, 6) is -2.68. The summed E-state index contributed by atoms with van der Waals surface area (Å²) in [6.07, 6.45) is 5.62. The zero-order valence-electron chi connectivity index (χ0n) is 40.0. The summed E-state index contributed by atoms with van der Waals surface area (Å²) in [4.78, 5) is 79.5. The van der Waals surface area contributed by atoms with E-state index in [2.05, 4.69) is 77.2 Å². The molecule has 2 aromatic carbocycles. The quantitative estimate of drug-likeness (QED) is 0.0991. The van der Waals surface area contributed by atoms with Crippen molar-refractivity contribution in [3.8, 4) is 22.4 Å². The number of pyridine rings is 1. The highest BCUT2D eigenvalue weighted by molar-refractivity contribution is 6.00. The minimum absolute atomic E-state index is 0.113. The molecular weight excluding hydrogens is 851 g/mol. The van der Waals surface area contributed by atoms with Crippen molar-refractivity contribution in [3.63, 3.8) is 0 Å². The number of carbonyl (C=O) groups is 5. The van der Waals surface area contributed by atoms with Crippen LogP contribution in [-0.2, 0) is 55.1 Å². The van der Waals surface area contributed by atoms with Crippen molar-refractivity contribution in [3.05, 3.63) is 102 Å². The molecule has 67 heavy (non-hydrogen) atoms. The molecule has 1 unspecified atom stereocenters. The molecule has 2 aliphatic rings. The zero-order valence-corrected chi connectivity index (χ0v) is 40.0. The molecule has 5 heterocycles. The molecule has 0 saturated carbocycles. The monoisotopic (exact) mass is 913 g/mol. The summed E-state index contributed by atoms with van der Waals surface area (Å²) in [7, 11) is 4.79. The maximum atomic E-state index is 14.7. The van der Waals surface area contributed by atoms with Gasteiger partial charge in [-0.1, -0.05) is 64.6 Å². The van der Waals surface area contributed by atoms with Gasteiger partial charge in [-0.3, -0.25) is 39.3 Å². The number of cyclic esters (lactones) is 1. The molecule has 6 bridgehead atoms. The Hall–Kier alpha value is -6.65. The van der Waals surface area contributed by atoms with Crippen LogP contribution in [-0.4, -0.2) is 104 Å². The predicted molar refractivity (Wildman–Crippen MR) is 256 cm³/mol. The first-order valence-electron chi connectivity index (χ1n) is 23.0. The van der Waals surface area contributed by atoms with Gasteiger partial charge in [0.25, 0.3) is 11.8 Å². The van der Waals surface area contributed by atoms with E-state index in [1.54, 1.807) is 20.4 Å². The molecule has 1 fully saturated rings. The van der Waals surface area contributed by atoms with E-state index in [1.165, 1.54) is 27.7 Å². The second kappa shape index (κ2) is 20.1. The van der Waals surface area contributed by atoms with Gasteiger partial charge in [0.1, 0.15) is 23.8 Å². The molecule has 3 aromatic heterocycles. The number of imidazole rings is 1. The van der Waals surface area contributed by atoms with Crippen LogP contribution in [0.2, 0.25) is 0 Å². The number of methoxy groups -OCH3 is 1. The number of rotatable bonds is 11. The van der Waals surface area contributed by atoms with E-state index in [1.807, 2.05) is 51.1 Å². The van der Waals surface area contributed by atoms with Crippen LogP contribution in [0.3, 0.4) is 0 Å². The van der Waals surface area contributed by atoms with E-state index >= 15 is 0 Å². The number of nitrogens with one attached hydrogen (secondary N) is 3. The first-order chi connectivity index (χ1) is 32.0. The summed E-state index contributed by atoms with van der Waals surface area (Å²) < 4.78 is 15.7. The Kier molecular flexibility index (Phi) is 14.5. The van der Waals surface area contributed by atoms with Gasteiger partial charge in [-0.2, -0.15) is 0 Å². The molecule has 0 aliphatic carbocycles. The van der Waals surface area contributed by atoms with Crippen molar-refractivity contribution < 1.29 is 33.4 Å². The molecule has 16 heteroatoms. The average molecular weight is 914 g/mol. The largest absolute Gasteiger partial charge is 0.464 e. The summed E-state index contributed by atoms with van der Waals surface area (Å²) in [6, 6.07) is 15.6. The Morgan fingerprint density at radius 2 is 1.84 bits per heavy atom. The van der Waals surface area contributed by atoms with Crippen LogP contribution in [0.25, 0.3) is 33.3 Å². The van der Waals surface area contributed by atoms with Crippen molar-refractivity contribution in [2.24, 2.45) is 18.4 Å². The number of aromatic nitrogens is 4. The number of benzene rings is 2. The van der Waals surface area contributed by atoms with Crippen LogP contribution in [0.15, 0.2) is 79.6 Å². The van der Waals surface area contributed by atoms with Crippen LogP contribution >= 0.6 is 0 Å². The normalized spacial score (nSPS) is 18.4. The number of nitrogens with zero attached hydrogens (tertiary/aromatic N) is 6. The third-order valence-corrected chi connectivity index (χ3v) is 12.9. The lowest BCUT2D eigenvalue weighted by Gasteiger charge is -2.36. The average Bonchev–Trinajstić information content (AvgIpc) is 3.83. The van der Waals surface area contributed by atoms with Crippen LogP contribution < -0.4 is 16.1 Å². The Balaban J connectivity index is 1.30. The lowest BCUT2D eigenvalue weighted by atomic mass is 9.84. The van der Waals surface area contributed by atoms with Crippen LogP contribution in [0.1, 0.15) is 87.8 Å². The lowest BCUT2D eigenvalue weighted by molar-refractivity contribution is -0.155. The van der Waals surface area contributed by atoms with Gasteiger partial charge < -0.3 is 28.8 Å². The highest BCUT2D eigenvalue weighted by Gasteiger charge is 2.38. The number of amides is 4. The van der Waals surface area contributed by atoms with Crippen LogP contribution in [0, 0.1) is 11.3 Å². The number of esters is 1. The van der Waals surface area contributed by atoms with E-state index in [0.717, 1.165) is 56.2 Å². The Morgan fingerprint density at radius 1 is 1.07 bits per heavy atom. The van der Waals surface area contributed by atoms with Gasteiger partial charge in [0, 0.05) is 68.8 Å². The van der Waals surface area contributed by atoms with Crippen molar-refractivity contribution in [2.75, 3.05) is 32.6 Å². The molecule has 2 aliphatic heterocycles. The Morgan fingerprint density at radius 3 is 2.55 bits per heavy atom. The number of hydrogen-bond acceptors (Lipinski definition) is 10. The topological polar surface area (TPSA) is 182 Å². The number of hydrogen-bond donors (Lipinski definition) is 3. The summed E-state index contributed by atoms with van der Waals surface area (Å²) in [5.41, 5.74) is 10.5. The molecule has 1 saturated heterocycles. The molecule has 4 atom stereocenters. The fourth-order valence-electron chi connectivity index (χ4n) is 9.36. The van der Waals surface area contributed by atoms with E-state index in [4.69, 9.17) is 14.5 Å². The summed E-state index contributed by atoms with van der Waals surface area (Å²) in [5, 5.41) is 8.07. The van der Waals surface area contributed by atoms with Gasteiger partial charge in [-0.05, 0) is 91.6 Å². The highest BCUT2D eigenvalue weighted by Crippen LogP contribution is 2.42.